The minimum Gasteiger partial charge on any atom is -0.492 e. The van der Waals surface area contributed by atoms with Crippen molar-refractivity contribution in [2.75, 3.05) is 19.7 Å². The Labute approximate surface area is 109 Å². The van der Waals surface area contributed by atoms with Crippen LogP contribution in [-0.2, 0) is 6.54 Å². The molecule has 0 aliphatic carbocycles. The van der Waals surface area contributed by atoms with E-state index in [0.717, 1.165) is 51.3 Å². The third-order valence-corrected chi connectivity index (χ3v) is 3.51. The first-order valence-electron chi connectivity index (χ1n) is 6.90. The van der Waals surface area contributed by atoms with Crippen molar-refractivity contribution >= 4 is 0 Å². The fourth-order valence-corrected chi connectivity index (χ4v) is 2.33. The van der Waals surface area contributed by atoms with Gasteiger partial charge in [-0.15, -0.1) is 0 Å². The molecule has 1 aromatic carbocycles. The normalized spacial score (nSPS) is 17.7. The molecule has 0 bridgehead atoms. The van der Waals surface area contributed by atoms with Crippen LogP contribution < -0.4 is 4.74 Å². The molecule has 1 aromatic rings. The van der Waals surface area contributed by atoms with Crippen molar-refractivity contribution in [2.24, 2.45) is 0 Å². The van der Waals surface area contributed by atoms with E-state index in [1.165, 1.54) is 5.56 Å². The Hall–Kier alpha value is -1.06. The minimum atomic E-state index is -0.138. The number of rotatable bonds is 5. The first kappa shape index (κ1) is 13.4. The highest BCUT2D eigenvalue weighted by atomic mass is 16.5. The standard InChI is InChI=1S/C15H23NO2/c1-2-14(17)7-5-9-16-10-11-18-15-8-4-3-6-13(15)12-16/h3-4,6,8,14,17H,2,5,7,9-12H2,1H3. The Bertz CT molecular complexity index is 367. The largest absolute Gasteiger partial charge is 0.492 e. The van der Waals surface area contributed by atoms with Gasteiger partial charge in [0.2, 0.25) is 0 Å². The van der Waals surface area contributed by atoms with Crippen LogP contribution in [0.5, 0.6) is 5.75 Å². The lowest BCUT2D eigenvalue weighted by Crippen LogP contribution is -2.27. The summed E-state index contributed by atoms with van der Waals surface area (Å²) in [5.74, 6) is 1.02. The van der Waals surface area contributed by atoms with Gasteiger partial charge < -0.3 is 9.84 Å². The molecule has 3 heteroatoms. The Morgan fingerprint density at radius 1 is 1.39 bits per heavy atom. The lowest BCUT2D eigenvalue weighted by Gasteiger charge is -2.19. The summed E-state index contributed by atoms with van der Waals surface area (Å²) < 4.78 is 5.74. The molecule has 0 fully saturated rings. The summed E-state index contributed by atoms with van der Waals surface area (Å²) in [6.45, 7) is 5.75. The summed E-state index contributed by atoms with van der Waals surface area (Å²) in [6.07, 6.45) is 2.67. The second-order valence-electron chi connectivity index (χ2n) is 4.94. The van der Waals surface area contributed by atoms with Crippen molar-refractivity contribution in [2.45, 2.75) is 38.8 Å². The Morgan fingerprint density at radius 2 is 2.22 bits per heavy atom. The van der Waals surface area contributed by atoms with Gasteiger partial charge >= 0.3 is 0 Å². The first-order chi connectivity index (χ1) is 8.79. The van der Waals surface area contributed by atoms with E-state index < -0.39 is 0 Å². The maximum atomic E-state index is 9.56. The highest BCUT2D eigenvalue weighted by molar-refractivity contribution is 5.33. The summed E-state index contributed by atoms with van der Waals surface area (Å²) in [6, 6.07) is 8.26. The molecule has 1 unspecified atom stereocenters. The predicted octanol–water partition coefficient (Wildman–Crippen LogP) is 2.43. The molecular weight excluding hydrogens is 226 g/mol. The molecule has 1 aliphatic rings. The number of hydrogen-bond acceptors (Lipinski definition) is 3. The predicted molar refractivity (Wildman–Crippen MR) is 72.7 cm³/mol. The van der Waals surface area contributed by atoms with Gasteiger partial charge in [0.1, 0.15) is 12.4 Å². The first-order valence-corrected chi connectivity index (χ1v) is 6.90. The van der Waals surface area contributed by atoms with Gasteiger partial charge in [0.25, 0.3) is 0 Å². The summed E-state index contributed by atoms with van der Waals surface area (Å²) >= 11 is 0. The van der Waals surface area contributed by atoms with Gasteiger partial charge in [-0.2, -0.15) is 0 Å². The van der Waals surface area contributed by atoms with E-state index in [1.807, 2.05) is 19.1 Å². The maximum absolute atomic E-state index is 9.56. The fraction of sp³-hybridized carbons (Fsp3) is 0.600. The molecule has 1 heterocycles. The lowest BCUT2D eigenvalue weighted by atomic mass is 10.1. The average Bonchev–Trinajstić information content (AvgIpc) is 2.60. The third kappa shape index (κ3) is 3.72. The molecule has 1 N–H and O–H groups in total. The third-order valence-electron chi connectivity index (χ3n) is 3.51. The molecule has 2 rings (SSSR count). The number of ether oxygens (including phenoxy) is 1. The number of para-hydroxylation sites is 1. The van der Waals surface area contributed by atoms with Crippen molar-refractivity contribution < 1.29 is 9.84 Å². The van der Waals surface area contributed by atoms with Crippen LogP contribution in [-0.4, -0.2) is 35.8 Å². The summed E-state index contributed by atoms with van der Waals surface area (Å²) in [7, 11) is 0. The number of hydrogen-bond donors (Lipinski definition) is 1. The highest BCUT2D eigenvalue weighted by Crippen LogP contribution is 2.22. The summed E-state index contributed by atoms with van der Waals surface area (Å²) in [5, 5.41) is 9.56. The molecule has 100 valence electrons. The van der Waals surface area contributed by atoms with E-state index >= 15 is 0 Å². The summed E-state index contributed by atoms with van der Waals surface area (Å²) in [5.41, 5.74) is 1.27. The van der Waals surface area contributed by atoms with Crippen molar-refractivity contribution in [1.82, 2.24) is 4.90 Å². The van der Waals surface area contributed by atoms with Gasteiger partial charge in [-0.25, -0.2) is 0 Å². The highest BCUT2D eigenvalue weighted by Gasteiger charge is 2.14. The zero-order valence-electron chi connectivity index (χ0n) is 11.1. The Balaban J connectivity index is 1.84. The number of benzene rings is 1. The van der Waals surface area contributed by atoms with Crippen molar-refractivity contribution in [3.8, 4) is 5.75 Å². The smallest absolute Gasteiger partial charge is 0.123 e. The monoisotopic (exact) mass is 249 g/mol. The number of aliphatic hydroxyl groups excluding tert-OH is 1. The molecular formula is C15H23NO2. The fourth-order valence-electron chi connectivity index (χ4n) is 2.33. The maximum Gasteiger partial charge on any atom is 0.123 e. The van der Waals surface area contributed by atoms with Crippen LogP contribution in [0.25, 0.3) is 0 Å². The van der Waals surface area contributed by atoms with Gasteiger partial charge in [0.15, 0.2) is 0 Å². The Kier molecular flexibility index (Phi) is 5.02. The second kappa shape index (κ2) is 6.76. The molecule has 0 saturated heterocycles. The van der Waals surface area contributed by atoms with E-state index in [-0.39, 0.29) is 6.10 Å². The van der Waals surface area contributed by atoms with Gasteiger partial charge in [0, 0.05) is 18.7 Å². The van der Waals surface area contributed by atoms with Gasteiger partial charge in [0.05, 0.1) is 6.10 Å². The van der Waals surface area contributed by atoms with Crippen molar-refractivity contribution in [1.29, 1.82) is 0 Å². The van der Waals surface area contributed by atoms with E-state index in [4.69, 9.17) is 4.74 Å². The van der Waals surface area contributed by atoms with Crippen molar-refractivity contribution in [3.63, 3.8) is 0 Å². The van der Waals surface area contributed by atoms with Crippen LogP contribution in [0.3, 0.4) is 0 Å². The molecule has 0 aromatic heterocycles. The molecule has 3 nitrogen and oxygen atoms in total. The second-order valence-corrected chi connectivity index (χ2v) is 4.94. The van der Waals surface area contributed by atoms with Crippen LogP contribution in [0, 0.1) is 0 Å². The Morgan fingerprint density at radius 3 is 3.06 bits per heavy atom. The van der Waals surface area contributed by atoms with E-state index in [0.29, 0.717) is 0 Å². The van der Waals surface area contributed by atoms with Crippen molar-refractivity contribution in [3.05, 3.63) is 29.8 Å². The minimum absolute atomic E-state index is 0.138. The van der Waals surface area contributed by atoms with Gasteiger partial charge in [-0.3, -0.25) is 4.90 Å². The number of nitrogens with zero attached hydrogens (tertiary/aromatic N) is 1. The zero-order valence-corrected chi connectivity index (χ0v) is 11.1. The van der Waals surface area contributed by atoms with E-state index in [2.05, 4.69) is 17.0 Å². The molecule has 0 saturated carbocycles. The quantitative estimate of drug-likeness (QED) is 0.870. The van der Waals surface area contributed by atoms with Crippen LogP contribution in [0.15, 0.2) is 24.3 Å². The zero-order chi connectivity index (χ0) is 12.8. The molecule has 0 radical (unpaired) electrons. The van der Waals surface area contributed by atoms with Crippen LogP contribution in [0.2, 0.25) is 0 Å². The van der Waals surface area contributed by atoms with Crippen LogP contribution >= 0.6 is 0 Å². The molecule has 1 aliphatic heterocycles. The molecule has 0 amide bonds. The lowest BCUT2D eigenvalue weighted by molar-refractivity contribution is 0.146. The molecule has 18 heavy (non-hydrogen) atoms. The molecule has 0 spiro atoms. The van der Waals surface area contributed by atoms with Crippen LogP contribution in [0.4, 0.5) is 0 Å². The topological polar surface area (TPSA) is 32.7 Å². The van der Waals surface area contributed by atoms with Gasteiger partial charge in [-0.1, -0.05) is 25.1 Å². The van der Waals surface area contributed by atoms with Gasteiger partial charge in [-0.05, 0) is 31.9 Å². The van der Waals surface area contributed by atoms with Crippen LogP contribution in [0.1, 0.15) is 31.7 Å². The summed E-state index contributed by atoms with van der Waals surface area (Å²) in [4.78, 5) is 2.41. The van der Waals surface area contributed by atoms with E-state index in [9.17, 15) is 5.11 Å². The SMILES string of the molecule is CCC(O)CCCN1CCOc2ccccc2C1. The number of fused-ring (bicyclic) bond motifs is 1. The number of aliphatic hydroxyl groups is 1. The molecule has 1 atom stereocenters. The van der Waals surface area contributed by atoms with E-state index in [1.54, 1.807) is 0 Å². The average molecular weight is 249 g/mol.